The average Bonchev–Trinajstić information content (AvgIpc) is 2.33. The molecule has 3 N–H and O–H groups in total. The third kappa shape index (κ3) is 3.78. The van der Waals surface area contributed by atoms with Crippen molar-refractivity contribution in [2.75, 3.05) is 5.32 Å². The Morgan fingerprint density at radius 2 is 2.16 bits per heavy atom. The van der Waals surface area contributed by atoms with Gasteiger partial charge >= 0.3 is 7.32 Å². The first-order valence-corrected chi connectivity index (χ1v) is 5.50. The Bertz CT molecular complexity index is 588. The van der Waals surface area contributed by atoms with Crippen LogP contribution in [0.4, 0.5) is 15.9 Å². The van der Waals surface area contributed by atoms with Crippen molar-refractivity contribution in [3.05, 3.63) is 41.6 Å². The van der Waals surface area contributed by atoms with Crippen LogP contribution in [0.3, 0.4) is 0 Å². The summed E-state index contributed by atoms with van der Waals surface area (Å²) in [6.07, 6.45) is 0.940. The molecule has 0 saturated heterocycles. The molecule has 0 aliphatic heterocycles. The molecule has 0 radical (unpaired) electrons. The van der Waals surface area contributed by atoms with Gasteiger partial charge in [-0.25, -0.2) is 9.37 Å². The number of nitrogens with zero attached hydrogens (tertiary/aromatic N) is 2. The zero-order valence-electron chi connectivity index (χ0n) is 9.42. The molecule has 0 fully saturated rings. The normalized spacial score (nSPS) is 10.1. The molecule has 1 aromatic heterocycles. The van der Waals surface area contributed by atoms with E-state index in [0.29, 0.717) is 5.69 Å². The number of anilines is 2. The van der Waals surface area contributed by atoms with Crippen LogP contribution in [0.2, 0.25) is 5.28 Å². The van der Waals surface area contributed by atoms with Gasteiger partial charge in [0.25, 0.3) is 0 Å². The maximum absolute atomic E-state index is 13.4. The van der Waals surface area contributed by atoms with E-state index in [1.807, 2.05) is 0 Å². The van der Waals surface area contributed by atoms with Gasteiger partial charge in [-0.1, -0.05) is 6.07 Å². The lowest BCUT2D eigenvalue weighted by Gasteiger charge is -2.09. The summed E-state index contributed by atoms with van der Waals surface area (Å²) in [6.45, 7) is 0. The first-order valence-electron chi connectivity index (χ1n) is 5.12. The molecule has 6 nitrogen and oxygen atoms in total. The summed E-state index contributed by atoms with van der Waals surface area (Å²) in [5.41, 5.74) is 0.437. The lowest BCUT2D eigenvalue weighted by atomic mass is 10.2. The fourth-order valence-electron chi connectivity index (χ4n) is 1.34. The molecule has 1 heterocycles. The number of rotatable bonds is 4. The van der Waals surface area contributed by atoms with Crippen LogP contribution in [0.15, 0.2) is 30.5 Å². The molecule has 0 spiro atoms. The van der Waals surface area contributed by atoms with Gasteiger partial charge < -0.3 is 20.0 Å². The minimum Gasteiger partial charge on any atom is -0.512 e. The van der Waals surface area contributed by atoms with E-state index in [2.05, 4.69) is 19.9 Å². The van der Waals surface area contributed by atoms with Gasteiger partial charge in [-0.05, 0) is 23.7 Å². The SMILES string of the molecule is OB(O)Oc1cccc(Nc2nc(Cl)ncc2F)c1. The van der Waals surface area contributed by atoms with Crippen LogP contribution in [-0.2, 0) is 0 Å². The van der Waals surface area contributed by atoms with Gasteiger partial charge in [-0.2, -0.15) is 4.98 Å². The molecule has 0 aliphatic rings. The number of nitrogens with one attached hydrogen (secondary N) is 1. The second-order valence-corrected chi connectivity index (χ2v) is 3.77. The van der Waals surface area contributed by atoms with Crippen molar-refractivity contribution in [1.82, 2.24) is 9.97 Å². The summed E-state index contributed by atoms with van der Waals surface area (Å²) >= 11 is 5.56. The summed E-state index contributed by atoms with van der Waals surface area (Å²) in [7, 11) is -1.93. The summed E-state index contributed by atoms with van der Waals surface area (Å²) in [4.78, 5) is 7.17. The number of hydrogen-bond acceptors (Lipinski definition) is 6. The van der Waals surface area contributed by atoms with E-state index in [1.165, 1.54) is 12.1 Å². The highest BCUT2D eigenvalue weighted by Gasteiger charge is 2.12. The molecule has 19 heavy (non-hydrogen) atoms. The maximum atomic E-state index is 13.4. The maximum Gasteiger partial charge on any atom is 0.707 e. The van der Waals surface area contributed by atoms with Crippen molar-refractivity contribution in [3.8, 4) is 5.75 Å². The number of aromatic nitrogens is 2. The van der Waals surface area contributed by atoms with E-state index in [1.54, 1.807) is 12.1 Å². The molecule has 0 amide bonds. The van der Waals surface area contributed by atoms with E-state index in [9.17, 15) is 4.39 Å². The van der Waals surface area contributed by atoms with E-state index in [-0.39, 0.29) is 16.9 Å². The van der Waals surface area contributed by atoms with E-state index < -0.39 is 13.1 Å². The minimum atomic E-state index is -1.93. The molecule has 2 rings (SSSR count). The van der Waals surface area contributed by atoms with Gasteiger partial charge in [0, 0.05) is 11.8 Å². The van der Waals surface area contributed by atoms with Crippen molar-refractivity contribution in [1.29, 1.82) is 0 Å². The lowest BCUT2D eigenvalue weighted by Crippen LogP contribution is -2.20. The van der Waals surface area contributed by atoms with Crippen LogP contribution in [-0.4, -0.2) is 27.3 Å². The minimum absolute atomic E-state index is 0.0953. The second-order valence-electron chi connectivity index (χ2n) is 3.43. The summed E-state index contributed by atoms with van der Waals surface area (Å²) < 4.78 is 18.1. The van der Waals surface area contributed by atoms with Crippen molar-refractivity contribution in [3.63, 3.8) is 0 Å². The third-order valence-electron chi connectivity index (χ3n) is 2.05. The van der Waals surface area contributed by atoms with Gasteiger partial charge in [0.15, 0.2) is 11.6 Å². The van der Waals surface area contributed by atoms with Crippen LogP contribution < -0.4 is 9.97 Å². The van der Waals surface area contributed by atoms with Crippen LogP contribution in [0.25, 0.3) is 0 Å². The first-order chi connectivity index (χ1) is 9.04. The lowest BCUT2D eigenvalue weighted by molar-refractivity contribution is 0.288. The first kappa shape index (κ1) is 13.5. The van der Waals surface area contributed by atoms with Crippen molar-refractivity contribution < 1.29 is 19.1 Å². The Kier molecular flexibility index (Phi) is 4.15. The fourth-order valence-corrected chi connectivity index (χ4v) is 1.47. The highest BCUT2D eigenvalue weighted by Crippen LogP contribution is 2.22. The zero-order valence-corrected chi connectivity index (χ0v) is 10.2. The van der Waals surface area contributed by atoms with Crippen molar-refractivity contribution in [2.24, 2.45) is 0 Å². The van der Waals surface area contributed by atoms with E-state index in [0.717, 1.165) is 6.20 Å². The van der Waals surface area contributed by atoms with Crippen molar-refractivity contribution in [2.45, 2.75) is 0 Å². The summed E-state index contributed by atoms with van der Waals surface area (Å²) in [5, 5.41) is 19.9. The highest BCUT2D eigenvalue weighted by atomic mass is 35.5. The van der Waals surface area contributed by atoms with Crippen LogP contribution >= 0.6 is 11.6 Å². The van der Waals surface area contributed by atoms with Gasteiger partial charge in [-0.3, -0.25) is 0 Å². The molecule has 0 aliphatic carbocycles. The Labute approximate surface area is 113 Å². The van der Waals surface area contributed by atoms with Crippen LogP contribution in [0.5, 0.6) is 5.75 Å². The molecule has 0 unspecified atom stereocenters. The van der Waals surface area contributed by atoms with Crippen LogP contribution in [0.1, 0.15) is 0 Å². The molecule has 1 aromatic carbocycles. The Balaban J connectivity index is 2.21. The largest absolute Gasteiger partial charge is 0.707 e. The van der Waals surface area contributed by atoms with Gasteiger partial charge in [0.2, 0.25) is 5.28 Å². The van der Waals surface area contributed by atoms with Gasteiger partial charge in [0.05, 0.1) is 6.20 Å². The number of benzene rings is 1. The quantitative estimate of drug-likeness (QED) is 0.580. The molecule has 0 atom stereocenters. The second kappa shape index (κ2) is 5.83. The predicted octanol–water partition coefficient (Wildman–Crippen LogP) is 1.36. The smallest absolute Gasteiger partial charge is 0.512 e. The molecule has 98 valence electrons. The molecule has 0 saturated carbocycles. The van der Waals surface area contributed by atoms with Gasteiger partial charge in [-0.15, -0.1) is 0 Å². The zero-order chi connectivity index (χ0) is 13.8. The molecular formula is C10H8BClFN3O3. The fraction of sp³-hybridized carbons (Fsp3) is 0. The molecule has 9 heteroatoms. The molecule has 0 bridgehead atoms. The summed E-state index contributed by atoms with van der Waals surface area (Å²) in [5.74, 6) is -0.569. The Morgan fingerprint density at radius 1 is 1.37 bits per heavy atom. The third-order valence-corrected chi connectivity index (χ3v) is 2.24. The monoisotopic (exact) mass is 283 g/mol. The van der Waals surface area contributed by atoms with Gasteiger partial charge in [0.1, 0.15) is 5.75 Å². The van der Waals surface area contributed by atoms with Crippen molar-refractivity contribution >= 4 is 30.4 Å². The molecule has 2 aromatic rings. The van der Waals surface area contributed by atoms with E-state index in [4.69, 9.17) is 21.6 Å². The topological polar surface area (TPSA) is 87.5 Å². The predicted molar refractivity (Wildman–Crippen MR) is 67.5 cm³/mol. The Hall–Kier alpha value is -1.90. The highest BCUT2D eigenvalue weighted by molar-refractivity contribution is 6.33. The van der Waals surface area contributed by atoms with E-state index >= 15 is 0 Å². The summed E-state index contributed by atoms with van der Waals surface area (Å²) in [6, 6.07) is 6.15. The Morgan fingerprint density at radius 3 is 2.89 bits per heavy atom. The van der Waals surface area contributed by atoms with Crippen LogP contribution in [0, 0.1) is 5.82 Å². The molecular weight excluding hydrogens is 275 g/mol. The standard InChI is InChI=1S/C10H8BClFN3O3/c12-10-14-5-8(13)9(16-10)15-6-2-1-3-7(4-6)19-11(17)18/h1-5,17-18H,(H,14,15,16). The average molecular weight is 283 g/mol. The number of halogens is 2. The number of hydrogen-bond donors (Lipinski definition) is 3.